The molecule has 0 spiro atoms. The van der Waals surface area contributed by atoms with Gasteiger partial charge < -0.3 is 15.4 Å². The molecule has 21 heavy (non-hydrogen) atoms. The van der Waals surface area contributed by atoms with Crippen molar-refractivity contribution in [2.24, 2.45) is 5.92 Å². The lowest BCUT2D eigenvalue weighted by molar-refractivity contribution is 0.289. The van der Waals surface area contributed by atoms with Gasteiger partial charge in [-0.15, -0.1) is 0 Å². The second-order valence-electron chi connectivity index (χ2n) is 5.82. The predicted molar refractivity (Wildman–Crippen MR) is 84.5 cm³/mol. The minimum atomic E-state index is 0.222. The zero-order valence-electron chi connectivity index (χ0n) is 13.4. The van der Waals surface area contributed by atoms with E-state index >= 15 is 0 Å². The molecule has 2 rings (SSSR count). The van der Waals surface area contributed by atoms with Gasteiger partial charge in [-0.25, -0.2) is 0 Å². The molecule has 1 fully saturated rings. The molecule has 6 heteroatoms. The summed E-state index contributed by atoms with van der Waals surface area (Å²) in [7, 11) is 2.04. The topological polar surface area (TPSA) is 77.2 Å². The Morgan fingerprint density at radius 1 is 1.14 bits per heavy atom. The van der Waals surface area contributed by atoms with Gasteiger partial charge in [0.2, 0.25) is 11.9 Å². The molecule has 0 aliphatic heterocycles. The molecule has 0 aromatic carbocycles. The minimum Gasteiger partial charge on any atom is -0.463 e. The fourth-order valence-electron chi connectivity index (χ4n) is 2.88. The molecular formula is C15H27N5O. The van der Waals surface area contributed by atoms with E-state index in [1.165, 1.54) is 32.1 Å². The SMILES string of the molecule is CCCOc1nc(N)nc(N(C)C2CCC(CC)CC2)n1. The van der Waals surface area contributed by atoms with Crippen LogP contribution in [0.15, 0.2) is 0 Å². The fourth-order valence-corrected chi connectivity index (χ4v) is 2.88. The number of aromatic nitrogens is 3. The van der Waals surface area contributed by atoms with E-state index in [1.54, 1.807) is 0 Å². The van der Waals surface area contributed by atoms with Crippen LogP contribution in [0.3, 0.4) is 0 Å². The van der Waals surface area contributed by atoms with Crippen molar-refractivity contribution in [3.05, 3.63) is 0 Å². The number of hydrogen-bond donors (Lipinski definition) is 1. The molecule has 0 unspecified atom stereocenters. The summed E-state index contributed by atoms with van der Waals surface area (Å²) in [5.74, 6) is 1.72. The highest BCUT2D eigenvalue weighted by molar-refractivity contribution is 5.36. The lowest BCUT2D eigenvalue weighted by Gasteiger charge is -2.34. The van der Waals surface area contributed by atoms with Gasteiger partial charge in [-0.1, -0.05) is 20.3 Å². The summed E-state index contributed by atoms with van der Waals surface area (Å²) in [5, 5.41) is 0. The third-order valence-electron chi connectivity index (χ3n) is 4.31. The van der Waals surface area contributed by atoms with Gasteiger partial charge in [-0.2, -0.15) is 15.0 Å². The van der Waals surface area contributed by atoms with E-state index in [2.05, 4.69) is 26.8 Å². The van der Waals surface area contributed by atoms with Crippen molar-refractivity contribution in [2.75, 3.05) is 24.3 Å². The van der Waals surface area contributed by atoms with Crippen LogP contribution < -0.4 is 15.4 Å². The Bertz CT molecular complexity index is 446. The Morgan fingerprint density at radius 3 is 2.48 bits per heavy atom. The van der Waals surface area contributed by atoms with E-state index in [9.17, 15) is 0 Å². The first-order chi connectivity index (χ1) is 10.1. The van der Waals surface area contributed by atoms with E-state index in [0.29, 0.717) is 24.6 Å². The van der Waals surface area contributed by atoms with Crippen molar-refractivity contribution in [3.8, 4) is 6.01 Å². The van der Waals surface area contributed by atoms with E-state index < -0.39 is 0 Å². The molecule has 1 aliphatic carbocycles. The van der Waals surface area contributed by atoms with Gasteiger partial charge in [0, 0.05) is 13.1 Å². The average molecular weight is 293 g/mol. The van der Waals surface area contributed by atoms with Gasteiger partial charge >= 0.3 is 6.01 Å². The molecule has 6 nitrogen and oxygen atoms in total. The number of rotatable bonds is 6. The summed E-state index contributed by atoms with van der Waals surface area (Å²) in [5.41, 5.74) is 5.77. The lowest BCUT2D eigenvalue weighted by Crippen LogP contribution is -2.36. The van der Waals surface area contributed by atoms with Gasteiger partial charge in [0.05, 0.1) is 6.61 Å². The van der Waals surface area contributed by atoms with Crippen LogP contribution in [0, 0.1) is 5.92 Å². The molecule has 2 N–H and O–H groups in total. The van der Waals surface area contributed by atoms with Crippen LogP contribution in [0.25, 0.3) is 0 Å². The van der Waals surface area contributed by atoms with Gasteiger partial charge in [0.1, 0.15) is 0 Å². The van der Waals surface area contributed by atoms with Crippen molar-refractivity contribution in [3.63, 3.8) is 0 Å². The van der Waals surface area contributed by atoms with E-state index in [-0.39, 0.29) is 5.95 Å². The van der Waals surface area contributed by atoms with E-state index in [1.807, 2.05) is 14.0 Å². The van der Waals surface area contributed by atoms with Crippen molar-refractivity contribution < 1.29 is 4.74 Å². The maximum atomic E-state index is 5.77. The number of ether oxygens (including phenoxy) is 1. The van der Waals surface area contributed by atoms with Gasteiger partial charge in [0.15, 0.2) is 0 Å². The molecule has 0 bridgehead atoms. The number of anilines is 2. The van der Waals surface area contributed by atoms with Crippen LogP contribution in [-0.2, 0) is 0 Å². The van der Waals surface area contributed by atoms with Crippen molar-refractivity contribution in [2.45, 2.75) is 58.4 Å². The van der Waals surface area contributed by atoms with E-state index in [4.69, 9.17) is 10.5 Å². The first-order valence-corrected chi connectivity index (χ1v) is 8.01. The minimum absolute atomic E-state index is 0.222. The highest BCUT2D eigenvalue weighted by atomic mass is 16.5. The quantitative estimate of drug-likeness (QED) is 0.869. The Balaban J connectivity index is 2.04. The molecule has 1 aromatic heterocycles. The third kappa shape index (κ3) is 4.19. The van der Waals surface area contributed by atoms with Crippen LogP contribution in [0.5, 0.6) is 6.01 Å². The van der Waals surface area contributed by atoms with Crippen molar-refractivity contribution >= 4 is 11.9 Å². The second-order valence-corrected chi connectivity index (χ2v) is 5.82. The summed E-state index contributed by atoms with van der Waals surface area (Å²) < 4.78 is 5.48. The first kappa shape index (κ1) is 15.8. The maximum Gasteiger partial charge on any atom is 0.323 e. The molecule has 0 radical (unpaired) electrons. The monoisotopic (exact) mass is 293 g/mol. The van der Waals surface area contributed by atoms with Crippen LogP contribution in [-0.4, -0.2) is 34.6 Å². The van der Waals surface area contributed by atoms with Crippen molar-refractivity contribution in [1.82, 2.24) is 15.0 Å². The van der Waals surface area contributed by atoms with Crippen molar-refractivity contribution in [1.29, 1.82) is 0 Å². The summed E-state index contributed by atoms with van der Waals surface area (Å²) in [6, 6.07) is 0.807. The molecule has 118 valence electrons. The van der Waals surface area contributed by atoms with Gasteiger partial charge in [0.25, 0.3) is 0 Å². The molecule has 1 aliphatic rings. The third-order valence-corrected chi connectivity index (χ3v) is 4.31. The largest absolute Gasteiger partial charge is 0.463 e. The van der Waals surface area contributed by atoms with Gasteiger partial charge in [-0.3, -0.25) is 0 Å². The van der Waals surface area contributed by atoms with E-state index in [0.717, 1.165) is 12.3 Å². The molecular weight excluding hydrogens is 266 g/mol. The number of nitrogen functional groups attached to an aromatic ring is 1. The number of hydrogen-bond acceptors (Lipinski definition) is 6. The standard InChI is InChI=1S/C15H27N5O/c1-4-10-21-15-18-13(16)17-14(19-15)20(3)12-8-6-11(5-2)7-9-12/h11-12H,4-10H2,1-3H3,(H2,16,17,18,19). The van der Waals surface area contributed by atoms with Crippen LogP contribution in [0.1, 0.15) is 52.4 Å². The number of nitrogens with two attached hydrogens (primary N) is 1. The Labute approximate surface area is 127 Å². The Kier molecular flexibility index (Phi) is 5.59. The van der Waals surface area contributed by atoms with Crippen LogP contribution in [0.2, 0.25) is 0 Å². The molecule has 0 atom stereocenters. The second kappa shape index (κ2) is 7.43. The zero-order valence-corrected chi connectivity index (χ0v) is 13.4. The van der Waals surface area contributed by atoms with Crippen LogP contribution in [0.4, 0.5) is 11.9 Å². The fraction of sp³-hybridized carbons (Fsp3) is 0.800. The highest BCUT2D eigenvalue weighted by Gasteiger charge is 2.25. The molecule has 0 amide bonds. The summed E-state index contributed by atoms with van der Waals surface area (Å²) >= 11 is 0. The Hall–Kier alpha value is -1.59. The number of nitrogens with zero attached hydrogens (tertiary/aromatic N) is 4. The normalized spacial score (nSPS) is 22.0. The molecule has 1 heterocycles. The predicted octanol–water partition coefficient (Wildman–Crippen LogP) is 2.65. The lowest BCUT2D eigenvalue weighted by atomic mass is 9.84. The molecule has 0 saturated heterocycles. The average Bonchev–Trinajstić information content (AvgIpc) is 2.51. The van der Waals surface area contributed by atoms with Gasteiger partial charge in [-0.05, 0) is 38.0 Å². The Morgan fingerprint density at radius 2 is 1.86 bits per heavy atom. The summed E-state index contributed by atoms with van der Waals surface area (Å²) in [6.07, 6.45) is 7.13. The highest BCUT2D eigenvalue weighted by Crippen LogP contribution is 2.30. The molecule has 1 saturated carbocycles. The first-order valence-electron chi connectivity index (χ1n) is 8.01. The molecule has 1 aromatic rings. The van der Waals surface area contributed by atoms with Crippen LogP contribution >= 0.6 is 0 Å². The summed E-state index contributed by atoms with van der Waals surface area (Å²) in [4.78, 5) is 14.8. The maximum absolute atomic E-state index is 5.77. The summed E-state index contributed by atoms with van der Waals surface area (Å²) in [6.45, 7) is 4.91. The smallest absolute Gasteiger partial charge is 0.323 e. The zero-order chi connectivity index (χ0) is 15.2.